The third-order valence-electron chi connectivity index (χ3n) is 5.31. The Hall–Kier alpha value is -2.38. The maximum atomic E-state index is 5.70. The molecule has 1 saturated heterocycles. The van der Waals surface area contributed by atoms with Crippen LogP contribution in [-0.4, -0.2) is 60.9 Å². The lowest BCUT2D eigenvalue weighted by atomic mass is 10.1. The van der Waals surface area contributed by atoms with Crippen LogP contribution in [0, 0.1) is 0 Å². The number of anilines is 1. The highest BCUT2D eigenvalue weighted by molar-refractivity contribution is 5.44. The fourth-order valence-electron chi connectivity index (χ4n) is 3.86. The Morgan fingerprint density at radius 1 is 0.963 bits per heavy atom. The van der Waals surface area contributed by atoms with E-state index in [9.17, 15) is 0 Å². The van der Waals surface area contributed by atoms with Gasteiger partial charge in [-0.1, -0.05) is 6.07 Å². The molecular formula is C20H24N4O3. The van der Waals surface area contributed by atoms with E-state index >= 15 is 0 Å². The molecule has 0 unspecified atom stereocenters. The van der Waals surface area contributed by atoms with Gasteiger partial charge in [0.1, 0.15) is 13.2 Å². The van der Waals surface area contributed by atoms with Crippen LogP contribution in [-0.2, 0) is 24.2 Å². The minimum absolute atomic E-state index is 0.621. The molecule has 0 bridgehead atoms. The van der Waals surface area contributed by atoms with Crippen LogP contribution < -0.4 is 14.4 Å². The molecule has 0 saturated carbocycles. The summed E-state index contributed by atoms with van der Waals surface area (Å²) >= 11 is 0. The first-order valence-corrected chi connectivity index (χ1v) is 9.63. The van der Waals surface area contributed by atoms with E-state index in [0.717, 1.165) is 69.8 Å². The fourth-order valence-corrected chi connectivity index (χ4v) is 3.86. The number of aromatic nitrogens is 2. The summed E-state index contributed by atoms with van der Waals surface area (Å²) < 4.78 is 16.7. The van der Waals surface area contributed by atoms with Crippen molar-refractivity contribution >= 4 is 5.95 Å². The highest BCUT2D eigenvalue weighted by Gasteiger charge is 2.21. The van der Waals surface area contributed by atoms with Gasteiger partial charge in [-0.3, -0.25) is 4.90 Å². The molecule has 5 rings (SSSR count). The standard InChI is InChI=1S/C20H24N4O3/c1-2-18-19(27-10-9-26-18)11-15(1)13-23-4-3-17-16(14-23)12-21-20(22-17)24-5-7-25-8-6-24/h1-2,11-12H,3-10,13-14H2. The smallest absolute Gasteiger partial charge is 0.225 e. The molecule has 0 atom stereocenters. The molecule has 142 valence electrons. The van der Waals surface area contributed by atoms with E-state index in [-0.39, 0.29) is 0 Å². The van der Waals surface area contributed by atoms with Gasteiger partial charge in [0.25, 0.3) is 0 Å². The number of rotatable bonds is 3. The van der Waals surface area contributed by atoms with Crippen LogP contribution in [0.2, 0.25) is 0 Å². The average Bonchev–Trinajstić information content (AvgIpc) is 2.74. The van der Waals surface area contributed by atoms with E-state index in [4.69, 9.17) is 19.2 Å². The van der Waals surface area contributed by atoms with Crippen molar-refractivity contribution in [1.82, 2.24) is 14.9 Å². The first kappa shape index (κ1) is 16.8. The lowest BCUT2D eigenvalue weighted by Crippen LogP contribution is -2.38. The van der Waals surface area contributed by atoms with Crippen LogP contribution >= 0.6 is 0 Å². The number of ether oxygens (including phenoxy) is 3. The summed E-state index contributed by atoms with van der Waals surface area (Å²) in [5, 5.41) is 0. The highest BCUT2D eigenvalue weighted by atomic mass is 16.6. The number of hydrogen-bond acceptors (Lipinski definition) is 7. The van der Waals surface area contributed by atoms with Crippen LogP contribution in [0.3, 0.4) is 0 Å². The van der Waals surface area contributed by atoms with Gasteiger partial charge in [0.05, 0.1) is 18.9 Å². The molecule has 1 aromatic carbocycles. The summed E-state index contributed by atoms with van der Waals surface area (Å²) in [5.74, 6) is 2.55. The van der Waals surface area contributed by atoms with E-state index in [1.54, 1.807) is 0 Å². The van der Waals surface area contributed by atoms with Crippen molar-refractivity contribution < 1.29 is 14.2 Å². The predicted molar refractivity (Wildman–Crippen MR) is 100 cm³/mol. The Kier molecular flexibility index (Phi) is 4.55. The zero-order chi connectivity index (χ0) is 18.1. The summed E-state index contributed by atoms with van der Waals surface area (Å²) in [7, 11) is 0. The molecule has 0 radical (unpaired) electrons. The van der Waals surface area contributed by atoms with Gasteiger partial charge in [-0.25, -0.2) is 9.97 Å². The van der Waals surface area contributed by atoms with Gasteiger partial charge in [-0.2, -0.15) is 0 Å². The first-order valence-electron chi connectivity index (χ1n) is 9.63. The zero-order valence-electron chi connectivity index (χ0n) is 15.4. The van der Waals surface area contributed by atoms with E-state index in [1.807, 2.05) is 12.3 Å². The van der Waals surface area contributed by atoms with Crippen molar-refractivity contribution in [2.45, 2.75) is 19.5 Å². The van der Waals surface area contributed by atoms with Crippen molar-refractivity contribution in [3.63, 3.8) is 0 Å². The Bertz CT molecular complexity index is 823. The normalized spacial score (nSPS) is 19.6. The number of fused-ring (bicyclic) bond motifs is 2. The molecule has 1 aromatic heterocycles. The van der Waals surface area contributed by atoms with Crippen molar-refractivity contribution in [3.05, 3.63) is 41.2 Å². The molecule has 0 N–H and O–H groups in total. The van der Waals surface area contributed by atoms with Crippen molar-refractivity contribution in [3.8, 4) is 11.5 Å². The van der Waals surface area contributed by atoms with E-state index < -0.39 is 0 Å². The fraction of sp³-hybridized carbons (Fsp3) is 0.500. The summed E-state index contributed by atoms with van der Waals surface area (Å²) in [4.78, 5) is 14.1. The molecule has 3 aliphatic heterocycles. The molecule has 4 heterocycles. The van der Waals surface area contributed by atoms with Gasteiger partial charge in [-0.15, -0.1) is 0 Å². The van der Waals surface area contributed by atoms with E-state index in [2.05, 4.69) is 26.9 Å². The molecule has 3 aliphatic rings. The van der Waals surface area contributed by atoms with E-state index in [0.29, 0.717) is 13.2 Å². The Balaban J connectivity index is 1.27. The van der Waals surface area contributed by atoms with Gasteiger partial charge >= 0.3 is 0 Å². The molecule has 7 nitrogen and oxygen atoms in total. The minimum atomic E-state index is 0.621. The number of morpholine rings is 1. The number of hydrogen-bond donors (Lipinski definition) is 0. The second kappa shape index (κ2) is 7.32. The van der Waals surface area contributed by atoms with Gasteiger partial charge < -0.3 is 19.1 Å². The molecule has 0 spiro atoms. The maximum Gasteiger partial charge on any atom is 0.225 e. The zero-order valence-corrected chi connectivity index (χ0v) is 15.4. The Labute approximate surface area is 158 Å². The van der Waals surface area contributed by atoms with Crippen LogP contribution in [0.15, 0.2) is 24.4 Å². The predicted octanol–water partition coefficient (Wildman–Crippen LogP) is 1.64. The number of nitrogens with zero attached hydrogens (tertiary/aromatic N) is 4. The van der Waals surface area contributed by atoms with Crippen LogP contribution in [0.25, 0.3) is 0 Å². The van der Waals surface area contributed by atoms with Crippen molar-refractivity contribution in [2.75, 3.05) is 51.0 Å². The third-order valence-corrected chi connectivity index (χ3v) is 5.31. The Morgan fingerprint density at radius 2 is 1.81 bits per heavy atom. The summed E-state index contributed by atoms with van der Waals surface area (Å²) in [6.07, 6.45) is 2.96. The quantitative estimate of drug-likeness (QED) is 0.816. The van der Waals surface area contributed by atoms with Crippen LogP contribution in [0.4, 0.5) is 5.95 Å². The summed E-state index contributed by atoms with van der Waals surface area (Å²) in [6.45, 7) is 7.27. The van der Waals surface area contributed by atoms with Crippen LogP contribution in [0.5, 0.6) is 11.5 Å². The molecule has 2 aromatic rings. The molecule has 0 amide bonds. The van der Waals surface area contributed by atoms with Gasteiger partial charge in [-0.05, 0) is 17.7 Å². The SMILES string of the molecule is c1cc2c(cc1CN1CCc3nc(N4CCOCC4)ncc3C1)OCCO2. The Morgan fingerprint density at radius 3 is 2.70 bits per heavy atom. The molecule has 7 heteroatoms. The van der Waals surface area contributed by atoms with Gasteiger partial charge in [0, 0.05) is 50.9 Å². The van der Waals surface area contributed by atoms with Crippen molar-refractivity contribution in [1.29, 1.82) is 0 Å². The molecule has 27 heavy (non-hydrogen) atoms. The first-order chi connectivity index (χ1) is 13.3. The second-order valence-electron chi connectivity index (χ2n) is 7.18. The highest BCUT2D eigenvalue weighted by Crippen LogP contribution is 2.31. The molecule has 1 fully saturated rings. The van der Waals surface area contributed by atoms with Crippen LogP contribution in [0.1, 0.15) is 16.8 Å². The molecule has 0 aliphatic carbocycles. The second-order valence-corrected chi connectivity index (χ2v) is 7.18. The largest absolute Gasteiger partial charge is 0.486 e. The lowest BCUT2D eigenvalue weighted by molar-refractivity contribution is 0.122. The molecular weight excluding hydrogens is 344 g/mol. The van der Waals surface area contributed by atoms with Gasteiger partial charge in [0.15, 0.2) is 11.5 Å². The summed E-state index contributed by atoms with van der Waals surface area (Å²) in [5.41, 5.74) is 3.66. The minimum Gasteiger partial charge on any atom is -0.486 e. The van der Waals surface area contributed by atoms with Gasteiger partial charge in [0.2, 0.25) is 5.95 Å². The van der Waals surface area contributed by atoms with Crippen molar-refractivity contribution in [2.24, 2.45) is 0 Å². The topological polar surface area (TPSA) is 60.0 Å². The average molecular weight is 368 g/mol. The summed E-state index contributed by atoms with van der Waals surface area (Å²) in [6, 6.07) is 6.24. The number of benzene rings is 1. The monoisotopic (exact) mass is 368 g/mol. The van der Waals surface area contributed by atoms with E-state index in [1.165, 1.54) is 16.8 Å². The maximum absolute atomic E-state index is 5.70. The lowest BCUT2D eigenvalue weighted by Gasteiger charge is -2.30. The third kappa shape index (κ3) is 3.57.